The highest BCUT2D eigenvalue weighted by molar-refractivity contribution is 6.35. The minimum atomic E-state index is -0.667. The van der Waals surface area contributed by atoms with Gasteiger partial charge in [0.05, 0.1) is 39.3 Å². The first-order valence-electron chi connectivity index (χ1n) is 14.6. The lowest BCUT2D eigenvalue weighted by Crippen LogP contribution is -2.32. The van der Waals surface area contributed by atoms with E-state index in [2.05, 4.69) is 0 Å². The summed E-state index contributed by atoms with van der Waals surface area (Å²) in [6, 6.07) is 19.2. The van der Waals surface area contributed by atoms with Gasteiger partial charge in [0.25, 0.3) is 0 Å². The summed E-state index contributed by atoms with van der Waals surface area (Å²) in [7, 11) is 0. The van der Waals surface area contributed by atoms with Crippen molar-refractivity contribution in [3.63, 3.8) is 0 Å². The summed E-state index contributed by atoms with van der Waals surface area (Å²) in [6.45, 7) is 3.49. The molecule has 4 aromatic rings. The number of hydrogen-bond acceptors (Lipinski definition) is 6. The molecule has 2 aliphatic carbocycles. The number of imide groups is 1. The number of Topliss-reactive ketones (excluding diaryl/α,β-unsaturated/α-hetero) is 1. The Morgan fingerprint density at radius 3 is 2.28 bits per heavy atom. The van der Waals surface area contributed by atoms with Gasteiger partial charge in [0.1, 0.15) is 0 Å². The lowest BCUT2D eigenvalue weighted by atomic mass is 9.81. The first kappa shape index (κ1) is 27.5. The fourth-order valence-corrected chi connectivity index (χ4v) is 7.40. The molecule has 2 bridgehead atoms. The number of amides is 2. The number of nitrogens with zero attached hydrogens (tertiary/aromatic N) is 2. The number of benzene rings is 3. The minimum absolute atomic E-state index is 0.0917. The van der Waals surface area contributed by atoms with Crippen molar-refractivity contribution in [2.24, 2.45) is 23.7 Å². The SMILES string of the molecule is Cc1ccc(C(=O)COC(=O)c2cc(-c3ccc(N4C(=O)C5C6CCC(C6)C5C4=O)cc3)nc3c(Cl)cccc23)cc1C. The van der Waals surface area contributed by atoms with Gasteiger partial charge in [-0.3, -0.25) is 19.3 Å². The molecule has 7 nitrogen and oxygen atoms in total. The maximum Gasteiger partial charge on any atom is 0.339 e. The fraction of sp³-hybridized carbons (Fsp3) is 0.286. The highest BCUT2D eigenvalue weighted by Crippen LogP contribution is 2.56. The lowest BCUT2D eigenvalue weighted by molar-refractivity contribution is -0.123. The first-order valence-corrected chi connectivity index (χ1v) is 14.9. The van der Waals surface area contributed by atoms with E-state index in [1.807, 2.05) is 19.9 Å². The van der Waals surface area contributed by atoms with Crippen molar-refractivity contribution in [1.82, 2.24) is 4.98 Å². The van der Waals surface area contributed by atoms with E-state index >= 15 is 0 Å². The lowest BCUT2D eigenvalue weighted by Gasteiger charge is -2.19. The molecule has 3 aliphatic rings. The van der Waals surface area contributed by atoms with Gasteiger partial charge in [-0.2, -0.15) is 0 Å². The normalized spacial score (nSPS) is 22.3. The Morgan fingerprint density at radius 1 is 0.907 bits per heavy atom. The number of para-hydroxylation sites is 1. The number of anilines is 1. The fourth-order valence-electron chi connectivity index (χ4n) is 7.18. The van der Waals surface area contributed by atoms with Gasteiger partial charge in [-0.1, -0.05) is 48.0 Å². The molecule has 0 N–H and O–H groups in total. The maximum atomic E-state index is 13.3. The summed E-state index contributed by atoms with van der Waals surface area (Å²) in [4.78, 5) is 58.8. The number of halogens is 1. The average molecular weight is 593 g/mol. The van der Waals surface area contributed by atoms with E-state index < -0.39 is 12.6 Å². The smallest absolute Gasteiger partial charge is 0.339 e. The van der Waals surface area contributed by atoms with Crippen molar-refractivity contribution < 1.29 is 23.9 Å². The summed E-state index contributed by atoms with van der Waals surface area (Å²) < 4.78 is 5.48. The number of fused-ring (bicyclic) bond motifs is 6. The molecule has 7 rings (SSSR count). The second kappa shape index (κ2) is 10.4. The Balaban J connectivity index is 1.16. The van der Waals surface area contributed by atoms with Crippen molar-refractivity contribution >= 4 is 51.8 Å². The third kappa shape index (κ3) is 4.54. The molecular weight excluding hydrogens is 564 g/mol. The number of ketones is 1. The highest BCUT2D eigenvalue weighted by Gasteiger charge is 2.61. The summed E-state index contributed by atoms with van der Waals surface area (Å²) in [5.41, 5.74) is 4.86. The molecule has 1 saturated heterocycles. The standard InChI is InChI=1S/C35H29ClN2O5/c1-18-6-7-21(14-19(18)2)29(39)17-43-35(42)26-16-28(37-32-25(26)4-3-5-27(32)36)20-10-12-24(13-11-20)38-33(40)30-22-8-9-23(15-22)31(30)34(38)41/h3-7,10-14,16,22-23,30-31H,8-9,15,17H2,1-2H3. The van der Waals surface area contributed by atoms with E-state index in [1.54, 1.807) is 60.7 Å². The number of rotatable bonds is 6. The monoisotopic (exact) mass is 592 g/mol. The van der Waals surface area contributed by atoms with Crippen LogP contribution in [0.2, 0.25) is 5.02 Å². The Hall–Kier alpha value is -4.36. The van der Waals surface area contributed by atoms with Crippen molar-refractivity contribution in [2.75, 3.05) is 11.5 Å². The number of ether oxygens (including phenoxy) is 1. The highest BCUT2D eigenvalue weighted by atomic mass is 35.5. The number of aromatic nitrogens is 1. The number of aryl methyl sites for hydroxylation is 2. The molecule has 3 aromatic carbocycles. The molecule has 4 unspecified atom stereocenters. The van der Waals surface area contributed by atoms with Crippen LogP contribution in [0.15, 0.2) is 66.7 Å². The Labute approximate surface area is 253 Å². The van der Waals surface area contributed by atoms with E-state index in [0.29, 0.717) is 50.3 Å². The third-order valence-corrected chi connectivity index (χ3v) is 9.83. The van der Waals surface area contributed by atoms with Gasteiger partial charge in [0.15, 0.2) is 12.4 Å². The van der Waals surface area contributed by atoms with Crippen LogP contribution >= 0.6 is 11.6 Å². The van der Waals surface area contributed by atoms with Gasteiger partial charge in [0.2, 0.25) is 11.8 Å². The predicted molar refractivity (Wildman–Crippen MR) is 163 cm³/mol. The van der Waals surface area contributed by atoms with E-state index in [1.165, 1.54) is 4.90 Å². The van der Waals surface area contributed by atoms with Crippen LogP contribution in [0, 0.1) is 37.5 Å². The maximum absolute atomic E-state index is 13.3. The number of carbonyl (C=O) groups excluding carboxylic acids is 4. The van der Waals surface area contributed by atoms with Gasteiger partial charge in [-0.25, -0.2) is 9.78 Å². The molecule has 2 heterocycles. The first-order chi connectivity index (χ1) is 20.7. The molecule has 43 heavy (non-hydrogen) atoms. The van der Waals surface area contributed by atoms with Crippen molar-refractivity contribution in [3.8, 4) is 11.3 Å². The predicted octanol–water partition coefficient (Wildman–Crippen LogP) is 6.75. The van der Waals surface area contributed by atoms with Crippen molar-refractivity contribution in [2.45, 2.75) is 33.1 Å². The minimum Gasteiger partial charge on any atom is -0.454 e. The van der Waals surface area contributed by atoms with Crippen molar-refractivity contribution in [3.05, 3.63) is 94.0 Å². The molecule has 1 aromatic heterocycles. The van der Waals surface area contributed by atoms with Crippen LogP contribution in [0.1, 0.15) is 51.1 Å². The summed E-state index contributed by atoms with van der Waals surface area (Å²) in [5, 5.41) is 0.872. The summed E-state index contributed by atoms with van der Waals surface area (Å²) >= 11 is 6.50. The molecule has 1 aliphatic heterocycles. The van der Waals surface area contributed by atoms with Crippen LogP contribution in [-0.4, -0.2) is 35.2 Å². The second-order valence-corrected chi connectivity index (χ2v) is 12.3. The number of pyridine rings is 1. The zero-order chi connectivity index (χ0) is 30.0. The zero-order valence-electron chi connectivity index (χ0n) is 23.8. The molecule has 2 saturated carbocycles. The molecule has 2 amide bonds. The Morgan fingerprint density at radius 2 is 1.60 bits per heavy atom. The van der Waals surface area contributed by atoms with Gasteiger partial charge >= 0.3 is 5.97 Å². The van der Waals surface area contributed by atoms with Crippen LogP contribution in [0.5, 0.6) is 0 Å². The molecule has 3 fully saturated rings. The summed E-state index contributed by atoms with van der Waals surface area (Å²) in [5.74, 6) is -0.896. The zero-order valence-corrected chi connectivity index (χ0v) is 24.6. The van der Waals surface area contributed by atoms with E-state index in [0.717, 1.165) is 30.4 Å². The Kier molecular flexibility index (Phi) is 6.66. The molecule has 216 valence electrons. The molecular formula is C35H29ClN2O5. The van der Waals surface area contributed by atoms with E-state index in [9.17, 15) is 19.2 Å². The summed E-state index contributed by atoms with van der Waals surface area (Å²) in [6.07, 6.45) is 3.04. The quantitative estimate of drug-likeness (QED) is 0.140. The van der Waals surface area contributed by atoms with Gasteiger partial charge in [-0.15, -0.1) is 0 Å². The van der Waals surface area contributed by atoms with Gasteiger partial charge < -0.3 is 4.74 Å². The Bertz CT molecular complexity index is 1820. The van der Waals surface area contributed by atoms with Crippen LogP contribution in [-0.2, 0) is 14.3 Å². The van der Waals surface area contributed by atoms with Crippen LogP contribution in [0.25, 0.3) is 22.2 Å². The van der Waals surface area contributed by atoms with Gasteiger partial charge in [0, 0.05) is 16.5 Å². The number of esters is 1. The second-order valence-electron chi connectivity index (χ2n) is 11.9. The topological polar surface area (TPSA) is 93.6 Å². The molecule has 4 atom stereocenters. The van der Waals surface area contributed by atoms with E-state index in [4.69, 9.17) is 21.3 Å². The van der Waals surface area contributed by atoms with Crippen molar-refractivity contribution in [1.29, 1.82) is 0 Å². The van der Waals surface area contributed by atoms with Crippen LogP contribution in [0.3, 0.4) is 0 Å². The third-order valence-electron chi connectivity index (χ3n) is 9.52. The molecule has 0 spiro atoms. The van der Waals surface area contributed by atoms with Crippen LogP contribution < -0.4 is 4.90 Å². The number of carbonyl (C=O) groups is 4. The van der Waals surface area contributed by atoms with E-state index in [-0.39, 0.29) is 35.0 Å². The van der Waals surface area contributed by atoms with Crippen LogP contribution in [0.4, 0.5) is 5.69 Å². The molecule has 8 heteroatoms. The van der Waals surface area contributed by atoms with Gasteiger partial charge in [-0.05, 0) is 86.4 Å². The average Bonchev–Trinajstić information content (AvgIpc) is 3.70. The number of hydrogen-bond donors (Lipinski definition) is 0. The molecule has 0 radical (unpaired) electrons. The largest absolute Gasteiger partial charge is 0.454 e.